The minimum atomic E-state index is 0.206. The van der Waals surface area contributed by atoms with E-state index in [9.17, 15) is 0 Å². The van der Waals surface area contributed by atoms with Crippen molar-refractivity contribution >= 4 is 11.8 Å². The summed E-state index contributed by atoms with van der Waals surface area (Å²) in [4.78, 5) is 2.55. The molecule has 2 aliphatic heterocycles. The molecule has 2 aliphatic rings. The second kappa shape index (κ2) is 9.81. The Morgan fingerprint density at radius 3 is 2.56 bits per heavy atom. The Balaban J connectivity index is 1.47. The quantitative estimate of drug-likeness (QED) is 0.718. The first-order valence-corrected chi connectivity index (χ1v) is 10.7. The topological polar surface area (TPSA) is 33.7 Å². The zero-order valence-corrected chi connectivity index (χ0v) is 16.3. The van der Waals surface area contributed by atoms with Gasteiger partial charge in [0.15, 0.2) is 0 Å². The number of rotatable bonds is 8. The first-order chi connectivity index (χ1) is 12.3. The van der Waals surface area contributed by atoms with Crippen molar-refractivity contribution in [2.45, 2.75) is 24.7 Å². The normalized spacial score (nSPS) is 21.2. The Kier molecular flexibility index (Phi) is 7.47. The van der Waals surface area contributed by atoms with Crippen molar-refractivity contribution < 1.29 is 9.47 Å². The van der Waals surface area contributed by atoms with Crippen LogP contribution in [0.25, 0.3) is 0 Å². The van der Waals surface area contributed by atoms with E-state index >= 15 is 0 Å². The number of ether oxygens (including phenoxy) is 2. The SMILES string of the molecule is CNCC1(c2ccc(OCCCN3CCSCC3)cc2)CCOCC1. The van der Waals surface area contributed by atoms with Crippen molar-refractivity contribution in [3.63, 3.8) is 0 Å². The number of hydrogen-bond donors (Lipinski definition) is 1. The Morgan fingerprint density at radius 1 is 1.16 bits per heavy atom. The maximum Gasteiger partial charge on any atom is 0.119 e. The summed E-state index contributed by atoms with van der Waals surface area (Å²) in [6.07, 6.45) is 3.28. The summed E-state index contributed by atoms with van der Waals surface area (Å²) in [5.74, 6) is 3.55. The van der Waals surface area contributed by atoms with Gasteiger partial charge in [0, 0.05) is 56.3 Å². The van der Waals surface area contributed by atoms with Gasteiger partial charge in [0.1, 0.15) is 5.75 Å². The lowest BCUT2D eigenvalue weighted by Gasteiger charge is -2.37. The molecule has 25 heavy (non-hydrogen) atoms. The van der Waals surface area contributed by atoms with E-state index < -0.39 is 0 Å². The van der Waals surface area contributed by atoms with Crippen molar-refractivity contribution in [1.29, 1.82) is 0 Å². The minimum Gasteiger partial charge on any atom is -0.494 e. The van der Waals surface area contributed by atoms with E-state index in [2.05, 4.69) is 46.2 Å². The zero-order valence-electron chi connectivity index (χ0n) is 15.5. The summed E-state index contributed by atoms with van der Waals surface area (Å²) in [5.41, 5.74) is 1.61. The number of nitrogens with zero attached hydrogens (tertiary/aromatic N) is 1. The Morgan fingerprint density at radius 2 is 1.88 bits per heavy atom. The fourth-order valence-corrected chi connectivity index (χ4v) is 4.85. The molecule has 0 atom stereocenters. The predicted molar refractivity (Wildman–Crippen MR) is 106 cm³/mol. The van der Waals surface area contributed by atoms with Crippen LogP contribution in [-0.4, -0.2) is 69.5 Å². The predicted octanol–water partition coefficient (Wildman–Crippen LogP) is 2.77. The molecule has 3 rings (SSSR count). The van der Waals surface area contributed by atoms with Crippen LogP contribution < -0.4 is 10.1 Å². The van der Waals surface area contributed by atoms with Crippen LogP contribution in [0, 0.1) is 0 Å². The van der Waals surface area contributed by atoms with Crippen molar-refractivity contribution in [2.24, 2.45) is 0 Å². The largest absolute Gasteiger partial charge is 0.494 e. The molecule has 2 saturated heterocycles. The van der Waals surface area contributed by atoms with Crippen LogP contribution in [0.4, 0.5) is 0 Å². The smallest absolute Gasteiger partial charge is 0.119 e. The molecule has 1 N–H and O–H groups in total. The van der Waals surface area contributed by atoms with Crippen LogP contribution in [0.5, 0.6) is 5.75 Å². The molecule has 0 radical (unpaired) electrons. The molecular weight excluding hydrogens is 332 g/mol. The highest BCUT2D eigenvalue weighted by Gasteiger charge is 2.33. The van der Waals surface area contributed by atoms with Crippen LogP contribution in [0.3, 0.4) is 0 Å². The number of benzene rings is 1. The molecule has 140 valence electrons. The summed E-state index contributed by atoms with van der Waals surface area (Å²) in [6, 6.07) is 8.78. The van der Waals surface area contributed by atoms with Crippen molar-refractivity contribution in [1.82, 2.24) is 10.2 Å². The Bertz CT molecular complexity index is 491. The molecule has 0 bridgehead atoms. The molecule has 2 fully saturated rings. The average molecular weight is 365 g/mol. The van der Waals surface area contributed by atoms with E-state index in [0.717, 1.165) is 57.9 Å². The first kappa shape index (κ1) is 19.0. The molecule has 4 nitrogen and oxygen atoms in total. The third kappa shape index (κ3) is 5.36. The van der Waals surface area contributed by atoms with Crippen LogP contribution in [0.1, 0.15) is 24.8 Å². The maximum atomic E-state index is 5.96. The molecule has 0 amide bonds. The average Bonchev–Trinajstić information content (AvgIpc) is 2.67. The van der Waals surface area contributed by atoms with Gasteiger partial charge in [0.25, 0.3) is 0 Å². The summed E-state index contributed by atoms with van der Waals surface area (Å²) in [6.45, 7) is 7.14. The van der Waals surface area contributed by atoms with Gasteiger partial charge >= 0.3 is 0 Å². The monoisotopic (exact) mass is 364 g/mol. The lowest BCUT2D eigenvalue weighted by molar-refractivity contribution is 0.0505. The molecule has 0 unspecified atom stereocenters. The van der Waals surface area contributed by atoms with Crippen molar-refractivity contribution in [3.05, 3.63) is 29.8 Å². The number of thioether (sulfide) groups is 1. The van der Waals surface area contributed by atoms with Crippen LogP contribution in [0.15, 0.2) is 24.3 Å². The van der Waals surface area contributed by atoms with Gasteiger partial charge in [-0.2, -0.15) is 11.8 Å². The van der Waals surface area contributed by atoms with Gasteiger partial charge in [-0.15, -0.1) is 0 Å². The Labute approximate surface area is 156 Å². The molecule has 1 aromatic rings. The second-order valence-electron chi connectivity index (χ2n) is 7.10. The number of nitrogens with one attached hydrogen (secondary N) is 1. The zero-order chi connectivity index (χ0) is 17.4. The molecule has 0 aliphatic carbocycles. The summed E-state index contributed by atoms with van der Waals surface area (Å²) >= 11 is 2.07. The first-order valence-electron chi connectivity index (χ1n) is 9.58. The fraction of sp³-hybridized carbons (Fsp3) is 0.700. The highest BCUT2D eigenvalue weighted by atomic mass is 32.2. The van der Waals surface area contributed by atoms with Gasteiger partial charge in [-0.1, -0.05) is 12.1 Å². The third-order valence-electron chi connectivity index (χ3n) is 5.42. The van der Waals surface area contributed by atoms with E-state index in [1.165, 1.54) is 30.2 Å². The summed E-state index contributed by atoms with van der Waals surface area (Å²) in [5, 5.41) is 3.37. The third-order valence-corrected chi connectivity index (χ3v) is 6.37. The van der Waals surface area contributed by atoms with Gasteiger partial charge < -0.3 is 19.7 Å². The van der Waals surface area contributed by atoms with Crippen molar-refractivity contribution in [2.75, 3.05) is 64.6 Å². The van der Waals surface area contributed by atoms with Crippen LogP contribution >= 0.6 is 11.8 Å². The highest BCUT2D eigenvalue weighted by Crippen LogP contribution is 2.35. The van der Waals surface area contributed by atoms with E-state index in [0.29, 0.717) is 0 Å². The van der Waals surface area contributed by atoms with E-state index in [4.69, 9.17) is 9.47 Å². The standard InChI is InChI=1S/C20H32N2O2S/c1-21-17-20(7-13-23-14-8-20)18-3-5-19(6-4-18)24-12-2-9-22-10-15-25-16-11-22/h3-6,21H,2,7-17H2,1H3. The highest BCUT2D eigenvalue weighted by molar-refractivity contribution is 7.99. The molecule has 5 heteroatoms. The number of likely N-dealkylation sites (N-methyl/N-ethyl adjacent to an activating group) is 1. The minimum absolute atomic E-state index is 0.206. The summed E-state index contributed by atoms with van der Waals surface area (Å²) < 4.78 is 11.5. The molecular formula is C20H32N2O2S. The lowest BCUT2D eigenvalue weighted by Crippen LogP contribution is -2.41. The van der Waals surface area contributed by atoms with Crippen LogP contribution in [-0.2, 0) is 10.2 Å². The Hall–Kier alpha value is -0.750. The van der Waals surface area contributed by atoms with Gasteiger partial charge in [-0.3, -0.25) is 0 Å². The van der Waals surface area contributed by atoms with Gasteiger partial charge in [0.2, 0.25) is 0 Å². The molecule has 2 heterocycles. The van der Waals surface area contributed by atoms with E-state index in [1.807, 2.05) is 7.05 Å². The van der Waals surface area contributed by atoms with E-state index in [-0.39, 0.29) is 5.41 Å². The molecule has 1 aromatic carbocycles. The van der Waals surface area contributed by atoms with E-state index in [1.54, 1.807) is 0 Å². The molecule has 0 aromatic heterocycles. The molecule has 0 spiro atoms. The fourth-order valence-electron chi connectivity index (χ4n) is 3.88. The molecule has 0 saturated carbocycles. The summed E-state index contributed by atoms with van der Waals surface area (Å²) in [7, 11) is 2.04. The van der Waals surface area contributed by atoms with Gasteiger partial charge in [0.05, 0.1) is 6.61 Å². The van der Waals surface area contributed by atoms with Gasteiger partial charge in [-0.25, -0.2) is 0 Å². The number of hydrogen-bond acceptors (Lipinski definition) is 5. The van der Waals surface area contributed by atoms with Crippen LogP contribution in [0.2, 0.25) is 0 Å². The van der Waals surface area contributed by atoms with Crippen molar-refractivity contribution in [3.8, 4) is 5.75 Å². The van der Waals surface area contributed by atoms with Gasteiger partial charge in [-0.05, 0) is 44.0 Å². The maximum absolute atomic E-state index is 5.96. The second-order valence-corrected chi connectivity index (χ2v) is 8.33. The lowest BCUT2D eigenvalue weighted by atomic mass is 9.74.